The Kier molecular flexibility index (Phi) is 5.78. The number of ether oxygens (including phenoxy) is 1. The van der Waals surface area contributed by atoms with E-state index in [0.717, 1.165) is 0 Å². The molecule has 0 bridgehead atoms. The Bertz CT molecular complexity index is 806. The lowest BCUT2D eigenvalue weighted by Crippen LogP contribution is -2.33. The number of benzene rings is 1. The van der Waals surface area contributed by atoms with Crippen LogP contribution in [0, 0.1) is 12.8 Å². The lowest BCUT2D eigenvalue weighted by atomic mass is 10.1. The van der Waals surface area contributed by atoms with E-state index in [1.54, 1.807) is 31.2 Å². The van der Waals surface area contributed by atoms with Gasteiger partial charge in [-0.1, -0.05) is 11.6 Å². The molecular weight excluding hydrogens is 376 g/mol. The summed E-state index contributed by atoms with van der Waals surface area (Å²) in [6.07, 6.45) is 1.76. The molecule has 0 saturated heterocycles. The number of carboxylic acids is 1. The number of hydrogen-bond acceptors (Lipinski definition) is 5. The second-order valence-electron chi connectivity index (χ2n) is 6.28. The molecule has 2 N–H and O–H groups in total. The number of carbonyl (C=O) groups excluding carboxylic acids is 1. The fraction of sp³-hybridized carbons (Fsp3) is 0.389. The third kappa shape index (κ3) is 4.53. The van der Waals surface area contributed by atoms with Gasteiger partial charge >= 0.3 is 5.97 Å². The molecule has 8 heteroatoms. The molecule has 1 aliphatic rings. The van der Waals surface area contributed by atoms with E-state index >= 15 is 0 Å². The number of aromatic nitrogens is 1. The quantitative estimate of drug-likeness (QED) is 0.780. The summed E-state index contributed by atoms with van der Waals surface area (Å²) in [5.41, 5.74) is 0.648. The lowest BCUT2D eigenvalue weighted by Gasteiger charge is -2.11. The van der Waals surface area contributed by atoms with Gasteiger partial charge in [-0.3, -0.25) is 9.59 Å². The van der Waals surface area contributed by atoms with Crippen LogP contribution in [0.4, 0.5) is 0 Å². The zero-order valence-electron chi connectivity index (χ0n) is 14.2. The van der Waals surface area contributed by atoms with Crippen LogP contribution in [0.2, 0.25) is 5.02 Å². The highest BCUT2D eigenvalue weighted by atomic mass is 35.5. The number of nitrogens with zero attached hydrogens (tertiary/aromatic N) is 1. The number of carbonyl (C=O) groups is 2. The van der Waals surface area contributed by atoms with Crippen LogP contribution in [-0.4, -0.2) is 28.0 Å². The molecule has 6 nitrogen and oxygen atoms in total. The minimum Gasteiger partial charge on any atom is -0.486 e. The summed E-state index contributed by atoms with van der Waals surface area (Å²) in [7, 11) is 0. The van der Waals surface area contributed by atoms with Gasteiger partial charge in [0.05, 0.1) is 11.6 Å². The van der Waals surface area contributed by atoms with Crippen LogP contribution in [0.3, 0.4) is 0 Å². The first-order valence-electron chi connectivity index (χ1n) is 8.30. The highest BCUT2D eigenvalue weighted by Gasteiger charge is 2.31. The predicted octanol–water partition coefficient (Wildman–Crippen LogP) is 3.67. The molecule has 0 aliphatic heterocycles. The minimum absolute atomic E-state index is 0.0983. The highest BCUT2D eigenvalue weighted by molar-refractivity contribution is 7.13. The molecule has 0 unspecified atom stereocenters. The van der Waals surface area contributed by atoms with E-state index in [2.05, 4.69) is 10.3 Å². The van der Waals surface area contributed by atoms with Crippen LogP contribution in [0.25, 0.3) is 0 Å². The van der Waals surface area contributed by atoms with E-state index in [0.29, 0.717) is 45.6 Å². The van der Waals surface area contributed by atoms with E-state index in [9.17, 15) is 9.59 Å². The molecule has 0 spiro atoms. The Morgan fingerprint density at radius 3 is 2.73 bits per heavy atom. The molecular formula is C18H19ClN2O4S. The Hall–Kier alpha value is -2.12. The van der Waals surface area contributed by atoms with Crippen molar-refractivity contribution in [2.24, 2.45) is 5.92 Å². The second kappa shape index (κ2) is 8.05. The summed E-state index contributed by atoms with van der Waals surface area (Å²) in [4.78, 5) is 28.4. The number of amides is 1. The van der Waals surface area contributed by atoms with Gasteiger partial charge < -0.3 is 15.2 Å². The van der Waals surface area contributed by atoms with Crippen molar-refractivity contribution in [3.63, 3.8) is 0 Å². The molecule has 26 heavy (non-hydrogen) atoms. The van der Waals surface area contributed by atoms with Crippen molar-refractivity contribution in [3.05, 3.63) is 44.9 Å². The normalized spacial score (nSPS) is 19.3. The van der Waals surface area contributed by atoms with E-state index in [1.165, 1.54) is 11.3 Å². The first-order valence-corrected chi connectivity index (χ1v) is 9.50. The molecule has 1 amide bonds. The van der Waals surface area contributed by atoms with Crippen molar-refractivity contribution in [1.29, 1.82) is 0 Å². The van der Waals surface area contributed by atoms with Gasteiger partial charge in [0, 0.05) is 11.1 Å². The monoisotopic (exact) mass is 394 g/mol. The van der Waals surface area contributed by atoms with E-state index in [1.807, 2.05) is 0 Å². The molecule has 1 fully saturated rings. The van der Waals surface area contributed by atoms with Gasteiger partial charge in [-0.05, 0) is 50.5 Å². The number of nitrogens with one attached hydrogen (secondary N) is 1. The molecule has 1 aliphatic carbocycles. The minimum atomic E-state index is -0.794. The zero-order valence-corrected chi connectivity index (χ0v) is 15.8. The van der Waals surface area contributed by atoms with Gasteiger partial charge in [0.2, 0.25) is 0 Å². The summed E-state index contributed by atoms with van der Waals surface area (Å²) in [6.45, 7) is 2.05. The molecule has 1 aromatic carbocycles. The van der Waals surface area contributed by atoms with Crippen molar-refractivity contribution >= 4 is 34.8 Å². The fourth-order valence-corrected chi connectivity index (χ4v) is 4.00. The fourth-order valence-electron chi connectivity index (χ4n) is 2.99. The van der Waals surface area contributed by atoms with Gasteiger partial charge in [-0.25, -0.2) is 4.98 Å². The average Bonchev–Trinajstić information content (AvgIpc) is 3.21. The van der Waals surface area contributed by atoms with Crippen molar-refractivity contribution in [1.82, 2.24) is 10.3 Å². The predicted molar refractivity (Wildman–Crippen MR) is 98.9 cm³/mol. The molecule has 1 saturated carbocycles. The number of hydrogen-bond donors (Lipinski definition) is 2. The number of rotatable bonds is 6. The van der Waals surface area contributed by atoms with Crippen LogP contribution >= 0.6 is 22.9 Å². The van der Waals surface area contributed by atoms with Crippen molar-refractivity contribution in [2.75, 3.05) is 0 Å². The topological polar surface area (TPSA) is 88.5 Å². The Morgan fingerprint density at radius 2 is 2.08 bits per heavy atom. The standard InChI is InChI=1S/C18H19ClN2O4S/c1-10-16(17(22)21-13-5-2-11(8-13)18(23)24)26-15(20-10)9-25-14-6-3-12(19)4-7-14/h3-4,6-7,11,13H,2,5,8-9H2,1H3,(H,21,22)(H,23,24)/t11-,13+/m0/s1. The number of thiazole rings is 1. The second-order valence-corrected chi connectivity index (χ2v) is 7.80. The van der Waals surface area contributed by atoms with E-state index in [4.69, 9.17) is 21.4 Å². The third-order valence-corrected chi connectivity index (χ3v) is 5.72. The number of carboxylic acid groups (broad SMARTS) is 1. The SMILES string of the molecule is Cc1nc(COc2ccc(Cl)cc2)sc1C(=O)N[C@@H]1CC[C@H](C(=O)O)C1. The summed E-state index contributed by atoms with van der Waals surface area (Å²) in [6, 6.07) is 6.94. The Labute approximate surface area is 160 Å². The molecule has 138 valence electrons. The largest absolute Gasteiger partial charge is 0.486 e. The smallest absolute Gasteiger partial charge is 0.306 e. The van der Waals surface area contributed by atoms with E-state index in [-0.39, 0.29) is 24.5 Å². The maximum atomic E-state index is 12.5. The average molecular weight is 395 g/mol. The molecule has 3 rings (SSSR count). The first-order chi connectivity index (χ1) is 12.4. The summed E-state index contributed by atoms with van der Waals surface area (Å²) < 4.78 is 5.66. The molecule has 1 aromatic heterocycles. The number of halogens is 1. The van der Waals surface area contributed by atoms with Crippen molar-refractivity contribution in [3.8, 4) is 5.75 Å². The first kappa shape index (κ1) is 18.7. The number of aliphatic carboxylic acids is 1. The van der Waals surface area contributed by atoms with Crippen LogP contribution < -0.4 is 10.1 Å². The van der Waals surface area contributed by atoms with Crippen LogP contribution in [0.1, 0.15) is 39.6 Å². The van der Waals surface area contributed by atoms with Crippen LogP contribution in [0.5, 0.6) is 5.75 Å². The molecule has 1 heterocycles. The van der Waals surface area contributed by atoms with Gasteiger partial charge in [0.1, 0.15) is 22.2 Å². The summed E-state index contributed by atoms with van der Waals surface area (Å²) in [5.74, 6) is -0.684. The molecule has 2 aromatic rings. The van der Waals surface area contributed by atoms with Crippen molar-refractivity contribution in [2.45, 2.75) is 38.8 Å². The van der Waals surface area contributed by atoms with Gasteiger partial charge in [-0.2, -0.15) is 0 Å². The van der Waals surface area contributed by atoms with Crippen LogP contribution in [-0.2, 0) is 11.4 Å². The maximum Gasteiger partial charge on any atom is 0.306 e. The Morgan fingerprint density at radius 1 is 1.35 bits per heavy atom. The zero-order chi connectivity index (χ0) is 18.7. The lowest BCUT2D eigenvalue weighted by molar-refractivity contribution is -0.141. The van der Waals surface area contributed by atoms with Gasteiger partial charge in [-0.15, -0.1) is 11.3 Å². The van der Waals surface area contributed by atoms with Crippen LogP contribution in [0.15, 0.2) is 24.3 Å². The number of aryl methyl sites for hydroxylation is 1. The third-order valence-electron chi connectivity index (χ3n) is 4.34. The van der Waals surface area contributed by atoms with Gasteiger partial charge in [0.15, 0.2) is 0 Å². The summed E-state index contributed by atoms with van der Waals surface area (Å²) >= 11 is 7.13. The van der Waals surface area contributed by atoms with E-state index < -0.39 is 5.97 Å². The molecule has 2 atom stereocenters. The van der Waals surface area contributed by atoms with Crippen molar-refractivity contribution < 1.29 is 19.4 Å². The van der Waals surface area contributed by atoms with Gasteiger partial charge in [0.25, 0.3) is 5.91 Å². The molecule has 0 radical (unpaired) electrons. The Balaban J connectivity index is 1.58. The highest BCUT2D eigenvalue weighted by Crippen LogP contribution is 2.27. The summed E-state index contributed by atoms with van der Waals surface area (Å²) in [5, 5.41) is 13.3. The maximum absolute atomic E-state index is 12.5.